The van der Waals surface area contributed by atoms with Crippen molar-refractivity contribution in [2.75, 3.05) is 6.54 Å². The molecule has 1 aromatic heterocycles. The average Bonchev–Trinajstić information content (AvgIpc) is 3.34. The predicted octanol–water partition coefficient (Wildman–Crippen LogP) is 3.97. The molecule has 2 heterocycles. The van der Waals surface area contributed by atoms with Gasteiger partial charge in [0.25, 0.3) is 0 Å². The molecule has 1 saturated carbocycles. The number of nitrogens with zero attached hydrogens (tertiary/aromatic N) is 3. The first-order valence-electron chi connectivity index (χ1n) is 9.48. The maximum atomic E-state index is 12.7. The van der Waals surface area contributed by atoms with Crippen molar-refractivity contribution in [2.24, 2.45) is 0 Å². The van der Waals surface area contributed by atoms with Gasteiger partial charge in [-0.25, -0.2) is 0 Å². The number of carbonyl (C=O) groups is 1. The number of fused-ring (bicyclic) bond motifs is 1. The number of amides is 1. The number of halogens is 1. The Bertz CT molecular complexity index is 854. The smallest absolute Gasteiger partial charge is 0.315 e. The second kappa shape index (κ2) is 7.02. The normalized spacial score (nSPS) is 20.8. The Hall–Kier alpha value is -1.73. The molecule has 0 spiro atoms. The molecule has 2 aromatic rings. The molecule has 2 aliphatic rings. The van der Waals surface area contributed by atoms with E-state index in [1.807, 2.05) is 26.8 Å². The van der Waals surface area contributed by atoms with Gasteiger partial charge in [0.15, 0.2) is 5.82 Å². The zero-order chi connectivity index (χ0) is 19.2. The van der Waals surface area contributed by atoms with Gasteiger partial charge >= 0.3 is 11.8 Å². The number of nitrogens with one attached hydrogen (secondary N) is 1. The monoisotopic (exact) mass is 432 g/mol. The number of hydrogen-bond donors (Lipinski definition) is 1. The molecule has 1 N–H and O–H groups in total. The Morgan fingerprint density at radius 1 is 1.30 bits per heavy atom. The quantitative estimate of drug-likeness (QED) is 0.793. The van der Waals surface area contributed by atoms with Crippen LogP contribution >= 0.6 is 15.9 Å². The summed E-state index contributed by atoms with van der Waals surface area (Å²) in [6, 6.07) is 6.94. The summed E-state index contributed by atoms with van der Waals surface area (Å²) < 4.78 is 6.28. The molecular formula is C20H25BrN4O2. The van der Waals surface area contributed by atoms with Crippen molar-refractivity contribution >= 4 is 21.8 Å². The summed E-state index contributed by atoms with van der Waals surface area (Å²) in [7, 11) is 0. The number of carbonyl (C=O) groups excluding carboxylic acids is 1. The van der Waals surface area contributed by atoms with E-state index in [-0.39, 0.29) is 23.3 Å². The van der Waals surface area contributed by atoms with Crippen LogP contribution < -0.4 is 5.32 Å². The van der Waals surface area contributed by atoms with E-state index in [0.717, 1.165) is 24.0 Å². The fourth-order valence-electron chi connectivity index (χ4n) is 3.54. The van der Waals surface area contributed by atoms with Gasteiger partial charge in [0.1, 0.15) is 0 Å². The Labute approximate surface area is 167 Å². The molecule has 4 rings (SSSR count). The van der Waals surface area contributed by atoms with Gasteiger partial charge in [-0.1, -0.05) is 47.9 Å². The summed E-state index contributed by atoms with van der Waals surface area (Å²) in [6.45, 7) is 7.88. The highest BCUT2D eigenvalue weighted by atomic mass is 79.9. The Morgan fingerprint density at radius 3 is 2.74 bits per heavy atom. The largest absolute Gasteiger partial charge is 0.341 e. The van der Waals surface area contributed by atoms with E-state index in [1.54, 1.807) is 0 Å². The average molecular weight is 433 g/mol. The van der Waals surface area contributed by atoms with Crippen LogP contribution in [0.4, 0.5) is 0 Å². The van der Waals surface area contributed by atoms with Crippen LogP contribution in [0, 0.1) is 0 Å². The lowest BCUT2D eigenvalue weighted by atomic mass is 9.96. The maximum Gasteiger partial charge on any atom is 0.315 e. The van der Waals surface area contributed by atoms with Gasteiger partial charge in [0, 0.05) is 29.0 Å². The van der Waals surface area contributed by atoms with Crippen molar-refractivity contribution in [1.82, 2.24) is 20.4 Å². The third-order valence-electron chi connectivity index (χ3n) is 5.22. The van der Waals surface area contributed by atoms with Crippen LogP contribution in [-0.4, -0.2) is 33.5 Å². The van der Waals surface area contributed by atoms with Crippen LogP contribution in [0.5, 0.6) is 0 Å². The lowest BCUT2D eigenvalue weighted by Crippen LogP contribution is -2.31. The zero-order valence-corrected chi connectivity index (χ0v) is 17.5. The SMILES string of the molecule is CC(C)(C)c1noc(C(=O)N[C@@H]2CCN(C3CC3)Cc3cc(Br)ccc32)n1. The molecule has 1 aliphatic heterocycles. The number of benzene rings is 1. The third-order valence-corrected chi connectivity index (χ3v) is 5.71. The van der Waals surface area contributed by atoms with E-state index < -0.39 is 0 Å². The van der Waals surface area contributed by atoms with Gasteiger partial charge in [-0.3, -0.25) is 9.69 Å². The van der Waals surface area contributed by atoms with Crippen molar-refractivity contribution in [3.05, 3.63) is 45.5 Å². The van der Waals surface area contributed by atoms with Gasteiger partial charge in [0.2, 0.25) is 0 Å². The minimum absolute atomic E-state index is 0.0295. The molecule has 1 aromatic carbocycles. The Balaban J connectivity index is 1.56. The topological polar surface area (TPSA) is 71.3 Å². The van der Waals surface area contributed by atoms with E-state index in [1.165, 1.54) is 24.0 Å². The molecule has 0 radical (unpaired) electrons. The van der Waals surface area contributed by atoms with E-state index in [9.17, 15) is 4.79 Å². The van der Waals surface area contributed by atoms with Crippen molar-refractivity contribution in [3.8, 4) is 0 Å². The van der Waals surface area contributed by atoms with Crippen LogP contribution in [0.2, 0.25) is 0 Å². The highest BCUT2D eigenvalue weighted by Gasteiger charge is 2.33. The summed E-state index contributed by atoms with van der Waals surface area (Å²) in [5.41, 5.74) is 2.18. The van der Waals surface area contributed by atoms with E-state index in [2.05, 4.69) is 48.4 Å². The molecule has 0 unspecified atom stereocenters. The highest BCUT2D eigenvalue weighted by molar-refractivity contribution is 9.10. The molecule has 0 bridgehead atoms. The van der Waals surface area contributed by atoms with Gasteiger partial charge in [-0.2, -0.15) is 4.98 Å². The Morgan fingerprint density at radius 2 is 2.07 bits per heavy atom. The summed E-state index contributed by atoms with van der Waals surface area (Å²) in [4.78, 5) is 19.6. The number of rotatable bonds is 3. The predicted molar refractivity (Wildman–Crippen MR) is 105 cm³/mol. The van der Waals surface area contributed by atoms with E-state index >= 15 is 0 Å². The lowest BCUT2D eigenvalue weighted by Gasteiger charge is -2.19. The summed E-state index contributed by atoms with van der Waals surface area (Å²) in [5, 5.41) is 7.08. The third kappa shape index (κ3) is 4.09. The fraction of sp³-hybridized carbons (Fsp3) is 0.550. The molecule has 1 atom stereocenters. The summed E-state index contributed by atoms with van der Waals surface area (Å²) in [5.74, 6) is 0.261. The van der Waals surface area contributed by atoms with Crippen LogP contribution in [0.3, 0.4) is 0 Å². The van der Waals surface area contributed by atoms with Gasteiger partial charge in [-0.05, 0) is 42.5 Å². The van der Waals surface area contributed by atoms with Crippen molar-refractivity contribution in [3.63, 3.8) is 0 Å². The first-order valence-corrected chi connectivity index (χ1v) is 10.3. The molecule has 6 nitrogen and oxygen atoms in total. The molecule has 1 fully saturated rings. The van der Waals surface area contributed by atoms with Gasteiger partial charge in [0.05, 0.1) is 6.04 Å². The summed E-state index contributed by atoms with van der Waals surface area (Å²) in [6.07, 6.45) is 3.42. The van der Waals surface area contributed by atoms with Crippen molar-refractivity contribution in [2.45, 2.75) is 64.1 Å². The lowest BCUT2D eigenvalue weighted by molar-refractivity contribution is 0.0888. The number of hydrogen-bond acceptors (Lipinski definition) is 5. The van der Waals surface area contributed by atoms with Crippen LogP contribution in [0.1, 0.15) is 73.7 Å². The van der Waals surface area contributed by atoms with Crippen LogP contribution in [0.15, 0.2) is 27.2 Å². The van der Waals surface area contributed by atoms with Crippen LogP contribution in [-0.2, 0) is 12.0 Å². The first kappa shape index (κ1) is 18.6. The summed E-state index contributed by atoms with van der Waals surface area (Å²) >= 11 is 3.58. The maximum absolute atomic E-state index is 12.7. The van der Waals surface area contributed by atoms with E-state index in [0.29, 0.717) is 11.9 Å². The molecule has 7 heteroatoms. The molecule has 1 amide bonds. The number of aromatic nitrogens is 2. The van der Waals surface area contributed by atoms with Crippen molar-refractivity contribution < 1.29 is 9.32 Å². The van der Waals surface area contributed by atoms with E-state index in [4.69, 9.17) is 4.52 Å². The van der Waals surface area contributed by atoms with Gasteiger partial charge in [-0.15, -0.1) is 0 Å². The minimum Gasteiger partial charge on any atom is -0.341 e. The van der Waals surface area contributed by atoms with Crippen molar-refractivity contribution in [1.29, 1.82) is 0 Å². The fourth-order valence-corrected chi connectivity index (χ4v) is 3.95. The Kier molecular flexibility index (Phi) is 4.84. The molecule has 27 heavy (non-hydrogen) atoms. The first-order chi connectivity index (χ1) is 12.8. The van der Waals surface area contributed by atoms with Gasteiger partial charge < -0.3 is 9.84 Å². The minimum atomic E-state index is -0.309. The highest BCUT2D eigenvalue weighted by Crippen LogP contribution is 2.35. The zero-order valence-electron chi connectivity index (χ0n) is 16.0. The van der Waals surface area contributed by atoms with Crippen LogP contribution in [0.25, 0.3) is 0 Å². The second-order valence-electron chi connectivity index (χ2n) is 8.53. The second-order valence-corrected chi connectivity index (χ2v) is 9.45. The molecule has 144 valence electrons. The molecule has 0 saturated heterocycles. The molecule has 1 aliphatic carbocycles. The standard InChI is InChI=1S/C20H25BrN4O2/c1-20(2,3)19-23-18(27-24-19)17(26)22-16-8-9-25(14-5-6-14)11-12-10-13(21)4-7-15(12)16/h4,7,10,14,16H,5-6,8-9,11H2,1-3H3,(H,22,26)/t16-/m1/s1. The molecular weight excluding hydrogens is 408 g/mol.